The van der Waals surface area contributed by atoms with Gasteiger partial charge < -0.3 is 20.7 Å². The number of hydrogen-bond donors (Lipinski definition) is 2. The fourth-order valence-electron chi connectivity index (χ4n) is 3.81. The Morgan fingerprint density at radius 1 is 1.23 bits per heavy atom. The van der Waals surface area contributed by atoms with Gasteiger partial charge in [-0.2, -0.15) is 0 Å². The third-order valence-electron chi connectivity index (χ3n) is 6.25. The molecule has 0 spiro atoms. The van der Waals surface area contributed by atoms with Crippen LogP contribution in [-0.2, 0) is 0 Å². The zero-order chi connectivity index (χ0) is 25.1. The number of carbonyl (C=O) groups excluding carboxylic acids is 1. The van der Waals surface area contributed by atoms with Crippen molar-refractivity contribution in [3.8, 4) is 17.0 Å². The van der Waals surface area contributed by atoms with Gasteiger partial charge in [-0.3, -0.25) is 4.79 Å². The molecule has 1 amide bonds. The summed E-state index contributed by atoms with van der Waals surface area (Å²) in [4.78, 5) is 23.2. The van der Waals surface area contributed by atoms with Crippen LogP contribution < -0.4 is 15.8 Å². The molecule has 35 heavy (non-hydrogen) atoms. The summed E-state index contributed by atoms with van der Waals surface area (Å²) >= 11 is 0. The van der Waals surface area contributed by atoms with Crippen LogP contribution in [0, 0.1) is 18.6 Å². The molecule has 184 valence electrons. The molecule has 1 saturated carbocycles. The predicted molar refractivity (Wildman–Crippen MR) is 132 cm³/mol. The third-order valence-corrected chi connectivity index (χ3v) is 6.25. The van der Waals surface area contributed by atoms with E-state index in [-0.39, 0.29) is 22.8 Å². The smallest absolute Gasteiger partial charge is 0.258 e. The number of nitrogens with one attached hydrogen (secondary N) is 1. The maximum Gasteiger partial charge on any atom is 0.258 e. The lowest BCUT2D eigenvalue weighted by atomic mass is 10.0. The zero-order valence-electron chi connectivity index (χ0n) is 20.1. The van der Waals surface area contributed by atoms with Crippen LogP contribution in [0.25, 0.3) is 11.3 Å². The van der Waals surface area contributed by atoms with Gasteiger partial charge in [0.15, 0.2) is 11.6 Å². The largest absolute Gasteiger partial charge is 0.486 e. The SMILES string of the molecule is CCN(C)CCOc1c(N)ncnc1-c1cc(F)cc(NC(=O)c2ccc(C3CC3)cc2F)c1C. The first-order chi connectivity index (χ1) is 16.8. The third kappa shape index (κ3) is 5.57. The predicted octanol–water partition coefficient (Wildman–Crippen LogP) is 4.77. The quantitative estimate of drug-likeness (QED) is 0.457. The summed E-state index contributed by atoms with van der Waals surface area (Å²) in [5.41, 5.74) is 8.27. The first-order valence-corrected chi connectivity index (χ1v) is 11.6. The second kappa shape index (κ2) is 10.4. The van der Waals surface area contributed by atoms with E-state index in [2.05, 4.69) is 20.2 Å². The minimum absolute atomic E-state index is 0.102. The van der Waals surface area contributed by atoms with Gasteiger partial charge in [-0.05, 0) is 74.7 Å². The molecule has 7 nitrogen and oxygen atoms in total. The topological polar surface area (TPSA) is 93.4 Å². The molecule has 0 unspecified atom stereocenters. The second-order valence-electron chi connectivity index (χ2n) is 8.77. The standard InChI is InChI=1S/C26H29F2N5O2/c1-4-33(3)9-10-35-24-23(30-14-31-25(24)29)20-12-18(27)13-22(15(20)2)32-26(34)19-8-7-17(11-21(19)28)16-5-6-16/h7-8,11-14,16H,4-6,9-10H2,1-3H3,(H,32,34)(H2,29,30,31). The molecule has 0 bridgehead atoms. The average molecular weight is 482 g/mol. The molecule has 1 aliphatic rings. The Labute approximate surface area is 203 Å². The van der Waals surface area contributed by atoms with Crippen molar-refractivity contribution >= 4 is 17.4 Å². The number of aromatic nitrogens is 2. The van der Waals surface area contributed by atoms with E-state index in [1.165, 1.54) is 30.6 Å². The van der Waals surface area contributed by atoms with Crippen LogP contribution in [0.1, 0.15) is 47.2 Å². The van der Waals surface area contributed by atoms with Crippen LogP contribution >= 0.6 is 0 Å². The number of likely N-dealkylation sites (N-methyl/N-ethyl adjacent to an activating group) is 1. The fraction of sp³-hybridized carbons (Fsp3) is 0.346. The summed E-state index contributed by atoms with van der Waals surface area (Å²) in [5.74, 6) is -1.12. The summed E-state index contributed by atoms with van der Waals surface area (Å²) < 4.78 is 35.2. The van der Waals surface area contributed by atoms with Gasteiger partial charge in [0.1, 0.15) is 30.3 Å². The lowest BCUT2D eigenvalue weighted by molar-refractivity contribution is 0.102. The molecule has 9 heteroatoms. The number of carbonyl (C=O) groups is 1. The van der Waals surface area contributed by atoms with Gasteiger partial charge in [-0.15, -0.1) is 0 Å². The van der Waals surface area contributed by atoms with Gasteiger partial charge in [0, 0.05) is 17.8 Å². The molecule has 0 atom stereocenters. The van der Waals surface area contributed by atoms with Gasteiger partial charge >= 0.3 is 0 Å². The lowest BCUT2D eigenvalue weighted by Gasteiger charge is -2.18. The average Bonchev–Trinajstić information content (AvgIpc) is 3.67. The van der Waals surface area contributed by atoms with Gasteiger partial charge in [-0.25, -0.2) is 18.7 Å². The number of anilines is 2. The minimum Gasteiger partial charge on any atom is -0.486 e. The molecule has 1 aromatic heterocycles. The molecule has 1 fully saturated rings. The van der Waals surface area contributed by atoms with Crippen molar-refractivity contribution in [2.45, 2.75) is 32.6 Å². The van der Waals surface area contributed by atoms with E-state index in [0.29, 0.717) is 35.9 Å². The molecule has 2 aromatic carbocycles. The maximum absolute atomic E-state index is 14.7. The van der Waals surface area contributed by atoms with E-state index in [0.717, 1.165) is 24.9 Å². The van der Waals surface area contributed by atoms with Gasteiger partial charge in [0.25, 0.3) is 5.91 Å². The van der Waals surface area contributed by atoms with E-state index in [9.17, 15) is 13.6 Å². The van der Waals surface area contributed by atoms with Crippen LogP contribution in [-0.4, -0.2) is 47.5 Å². The van der Waals surface area contributed by atoms with Crippen molar-refractivity contribution in [3.05, 3.63) is 65.0 Å². The Hall–Kier alpha value is -3.59. The minimum atomic E-state index is -0.661. The molecular weight excluding hydrogens is 452 g/mol. The highest BCUT2D eigenvalue weighted by Crippen LogP contribution is 2.40. The molecular formula is C26H29F2N5O2. The Morgan fingerprint density at radius 2 is 2.00 bits per heavy atom. The Kier molecular flexibility index (Phi) is 7.25. The number of nitrogen functional groups attached to an aromatic ring is 1. The van der Waals surface area contributed by atoms with Gasteiger partial charge in [-0.1, -0.05) is 13.0 Å². The van der Waals surface area contributed by atoms with E-state index in [1.54, 1.807) is 13.0 Å². The molecule has 4 rings (SSSR count). The number of nitrogens with zero attached hydrogens (tertiary/aromatic N) is 3. The molecule has 3 aromatic rings. The molecule has 1 aliphatic carbocycles. The number of ether oxygens (including phenoxy) is 1. The van der Waals surface area contributed by atoms with Crippen LogP contribution in [0.5, 0.6) is 5.75 Å². The molecule has 0 saturated heterocycles. The summed E-state index contributed by atoms with van der Waals surface area (Å²) in [6, 6.07) is 7.12. The van der Waals surface area contributed by atoms with Crippen molar-refractivity contribution in [1.82, 2.24) is 14.9 Å². The summed E-state index contributed by atoms with van der Waals surface area (Å²) in [5, 5.41) is 2.64. The van der Waals surface area contributed by atoms with E-state index in [4.69, 9.17) is 10.5 Å². The molecule has 0 radical (unpaired) electrons. The Bertz CT molecular complexity index is 1250. The Balaban J connectivity index is 1.62. The van der Waals surface area contributed by atoms with Crippen molar-refractivity contribution in [1.29, 1.82) is 0 Å². The zero-order valence-corrected chi connectivity index (χ0v) is 20.1. The molecule has 0 aliphatic heterocycles. The number of rotatable bonds is 9. The van der Waals surface area contributed by atoms with Crippen LogP contribution in [0.15, 0.2) is 36.7 Å². The maximum atomic E-state index is 14.7. The van der Waals surface area contributed by atoms with Gasteiger partial charge in [0.05, 0.1) is 5.56 Å². The van der Waals surface area contributed by atoms with E-state index < -0.39 is 17.5 Å². The van der Waals surface area contributed by atoms with Crippen molar-refractivity contribution in [3.63, 3.8) is 0 Å². The first kappa shape index (κ1) is 24.5. The highest BCUT2D eigenvalue weighted by atomic mass is 19.1. The second-order valence-corrected chi connectivity index (χ2v) is 8.77. The number of nitrogens with two attached hydrogens (primary N) is 1. The van der Waals surface area contributed by atoms with Crippen LogP contribution in [0.2, 0.25) is 0 Å². The summed E-state index contributed by atoms with van der Waals surface area (Å²) in [6.45, 7) is 5.59. The summed E-state index contributed by atoms with van der Waals surface area (Å²) in [7, 11) is 1.96. The van der Waals surface area contributed by atoms with Gasteiger partial charge in [0.2, 0.25) is 0 Å². The monoisotopic (exact) mass is 481 g/mol. The van der Waals surface area contributed by atoms with Crippen molar-refractivity contribution in [2.75, 3.05) is 37.8 Å². The lowest BCUT2D eigenvalue weighted by Crippen LogP contribution is -2.24. The molecule has 3 N–H and O–H groups in total. The number of hydrogen-bond acceptors (Lipinski definition) is 6. The Morgan fingerprint density at radius 3 is 2.69 bits per heavy atom. The number of amides is 1. The van der Waals surface area contributed by atoms with Crippen LogP contribution in [0.3, 0.4) is 0 Å². The first-order valence-electron chi connectivity index (χ1n) is 11.6. The van der Waals surface area contributed by atoms with Crippen molar-refractivity contribution in [2.24, 2.45) is 0 Å². The van der Waals surface area contributed by atoms with Crippen molar-refractivity contribution < 1.29 is 18.3 Å². The van der Waals surface area contributed by atoms with Crippen LogP contribution in [0.4, 0.5) is 20.3 Å². The summed E-state index contributed by atoms with van der Waals surface area (Å²) in [6.07, 6.45) is 3.34. The number of benzene rings is 2. The highest BCUT2D eigenvalue weighted by molar-refractivity contribution is 6.05. The fourth-order valence-corrected chi connectivity index (χ4v) is 3.81. The normalized spacial score (nSPS) is 13.2. The highest BCUT2D eigenvalue weighted by Gasteiger charge is 2.25. The number of halogens is 2. The van der Waals surface area contributed by atoms with E-state index in [1.807, 2.05) is 14.0 Å². The molecule has 1 heterocycles. The van der Waals surface area contributed by atoms with E-state index >= 15 is 0 Å².